The topological polar surface area (TPSA) is 111 Å². The number of nitrogens with zero attached hydrogens (tertiary/aromatic N) is 5. The molecule has 0 atom stereocenters. The monoisotopic (exact) mass is 435 g/mol. The lowest BCUT2D eigenvalue weighted by atomic mass is 9.96. The van der Waals surface area contributed by atoms with Crippen LogP contribution >= 0.6 is 0 Å². The van der Waals surface area contributed by atoms with Gasteiger partial charge in [-0.25, -0.2) is 14.1 Å². The van der Waals surface area contributed by atoms with Crippen molar-refractivity contribution >= 4 is 16.9 Å². The maximum atomic E-state index is 13.4. The van der Waals surface area contributed by atoms with Crippen molar-refractivity contribution in [2.75, 3.05) is 5.73 Å². The Balaban J connectivity index is 1.94. The maximum Gasteiger partial charge on any atom is 0.161 e. The molecule has 4 rings (SSSR count). The first-order chi connectivity index (χ1) is 15.1. The van der Waals surface area contributed by atoms with Crippen molar-refractivity contribution in [3.63, 3.8) is 0 Å². The molecule has 0 aliphatic carbocycles. The van der Waals surface area contributed by atoms with Crippen molar-refractivity contribution in [2.24, 2.45) is 7.05 Å². The molecular weight excluding hydrogens is 409 g/mol. The molecule has 8 nitrogen and oxygen atoms in total. The fourth-order valence-corrected chi connectivity index (χ4v) is 4.14. The van der Waals surface area contributed by atoms with E-state index in [0.29, 0.717) is 23.0 Å². The number of H-pyrrole nitrogens is 1. The van der Waals surface area contributed by atoms with E-state index in [2.05, 4.69) is 20.2 Å². The number of nitrogens with one attached hydrogen (secondary N) is 1. The van der Waals surface area contributed by atoms with Gasteiger partial charge in [0, 0.05) is 41.5 Å². The molecule has 0 saturated carbocycles. The smallest absolute Gasteiger partial charge is 0.161 e. The number of halogens is 1. The highest BCUT2D eigenvalue weighted by Crippen LogP contribution is 2.29. The van der Waals surface area contributed by atoms with Gasteiger partial charge in [-0.15, -0.1) is 0 Å². The van der Waals surface area contributed by atoms with Crippen LogP contribution in [0.25, 0.3) is 28.1 Å². The zero-order valence-electron chi connectivity index (χ0n) is 18.7. The first-order valence-electron chi connectivity index (χ1n) is 10.2. The van der Waals surface area contributed by atoms with E-state index in [4.69, 9.17) is 5.73 Å². The van der Waals surface area contributed by atoms with Crippen LogP contribution in [0.15, 0.2) is 42.6 Å². The number of benzene rings is 1. The second kappa shape index (κ2) is 7.76. The average molecular weight is 436 g/mol. The highest BCUT2D eigenvalue weighted by Gasteiger charge is 2.26. The Labute approximate surface area is 184 Å². The van der Waals surface area contributed by atoms with Crippen molar-refractivity contribution in [3.8, 4) is 17.1 Å². The van der Waals surface area contributed by atoms with Crippen LogP contribution in [0.1, 0.15) is 30.8 Å². The molecule has 1 aromatic carbocycles. The molecule has 0 spiro atoms. The Bertz CT molecular complexity index is 1360. The van der Waals surface area contributed by atoms with E-state index in [1.54, 1.807) is 47.6 Å². The summed E-state index contributed by atoms with van der Waals surface area (Å²) < 4.78 is 16.8. The summed E-state index contributed by atoms with van der Waals surface area (Å²) in [5, 5.41) is 20.4. The second-order valence-electron chi connectivity index (χ2n) is 8.29. The molecular formula is C23H26FN7O. The molecule has 0 radical (unpaired) electrons. The maximum absolute atomic E-state index is 13.4. The fraction of sp³-hybridized carbons (Fsp3) is 0.261. The van der Waals surface area contributed by atoms with E-state index in [9.17, 15) is 9.50 Å². The first kappa shape index (κ1) is 21.5. The van der Waals surface area contributed by atoms with Crippen LogP contribution in [-0.4, -0.2) is 34.6 Å². The number of aryl methyl sites for hydroxylation is 2. The summed E-state index contributed by atoms with van der Waals surface area (Å²) in [4.78, 5) is 7.71. The van der Waals surface area contributed by atoms with Crippen LogP contribution in [0, 0.1) is 19.7 Å². The molecule has 0 unspecified atom stereocenters. The lowest BCUT2D eigenvalue weighted by Gasteiger charge is -2.17. The minimum absolute atomic E-state index is 0.305. The number of aromatic amines is 1. The van der Waals surface area contributed by atoms with E-state index in [1.165, 1.54) is 12.1 Å². The van der Waals surface area contributed by atoms with Gasteiger partial charge in [-0.1, -0.05) is 0 Å². The Hall–Kier alpha value is -3.72. The van der Waals surface area contributed by atoms with Gasteiger partial charge in [0.05, 0.1) is 17.0 Å². The molecule has 0 fully saturated rings. The summed E-state index contributed by atoms with van der Waals surface area (Å²) in [6, 6.07) is 9.72. The van der Waals surface area contributed by atoms with Gasteiger partial charge in [0.1, 0.15) is 11.6 Å². The average Bonchev–Trinajstić information content (AvgIpc) is 3.18. The van der Waals surface area contributed by atoms with Gasteiger partial charge < -0.3 is 15.8 Å². The number of rotatable bonds is 3. The molecule has 0 saturated heterocycles. The van der Waals surface area contributed by atoms with Crippen molar-refractivity contribution in [1.29, 1.82) is 0 Å². The molecule has 166 valence electrons. The van der Waals surface area contributed by atoms with E-state index in [-0.39, 0.29) is 5.82 Å². The largest absolute Gasteiger partial charge is 0.386 e. The van der Waals surface area contributed by atoms with Crippen LogP contribution in [0.4, 0.5) is 10.2 Å². The Morgan fingerprint density at radius 2 is 1.78 bits per heavy atom. The third-order valence-corrected chi connectivity index (χ3v) is 5.32. The summed E-state index contributed by atoms with van der Waals surface area (Å²) in [5.74, 6) is 0.510. The second-order valence-corrected chi connectivity index (χ2v) is 8.29. The van der Waals surface area contributed by atoms with Gasteiger partial charge in [0.2, 0.25) is 0 Å². The van der Waals surface area contributed by atoms with Crippen molar-refractivity contribution in [3.05, 3.63) is 65.4 Å². The molecule has 3 aromatic heterocycles. The molecule has 4 aromatic rings. The molecule has 0 aliphatic heterocycles. The Morgan fingerprint density at radius 1 is 1.09 bits per heavy atom. The summed E-state index contributed by atoms with van der Waals surface area (Å²) in [5.41, 5.74) is 9.62. The highest BCUT2D eigenvalue weighted by molar-refractivity contribution is 5.90. The normalized spacial score (nSPS) is 11.7. The standard InChI is InChI=1S/C23H26FN7O/c1-13-20(23(3,4)32)14(2)31(28-13)19-12-18(25)27-22-17(10-11-26-19)21(30(5)29-22)15-6-8-16(24)9-7-15/h6-12,32H,25H2,1-5H3,(H,27,29). The summed E-state index contributed by atoms with van der Waals surface area (Å²) >= 11 is 0. The van der Waals surface area contributed by atoms with E-state index in [0.717, 1.165) is 27.9 Å². The van der Waals surface area contributed by atoms with E-state index in [1.807, 2.05) is 27.0 Å². The third-order valence-electron chi connectivity index (χ3n) is 5.32. The number of hydrogen-bond acceptors (Lipinski definition) is 5. The lowest BCUT2D eigenvalue weighted by molar-refractivity contribution is 0.0772. The predicted molar refractivity (Wildman–Crippen MR) is 122 cm³/mol. The number of hydrogen-bond donors (Lipinski definition) is 3. The van der Waals surface area contributed by atoms with E-state index < -0.39 is 5.60 Å². The van der Waals surface area contributed by atoms with Crippen LogP contribution in [0.2, 0.25) is 0 Å². The van der Waals surface area contributed by atoms with Crippen LogP contribution in [-0.2, 0) is 12.6 Å². The van der Waals surface area contributed by atoms with Crippen LogP contribution in [0.5, 0.6) is 0 Å². The lowest BCUT2D eigenvalue weighted by Crippen LogP contribution is -2.17. The predicted octanol–water partition coefficient (Wildman–Crippen LogP) is 3.84. The molecule has 0 amide bonds. The van der Waals surface area contributed by atoms with Crippen LogP contribution in [0.3, 0.4) is 0 Å². The molecule has 0 aliphatic rings. The van der Waals surface area contributed by atoms with Crippen molar-refractivity contribution in [1.82, 2.24) is 29.5 Å². The van der Waals surface area contributed by atoms with Crippen molar-refractivity contribution in [2.45, 2.75) is 33.3 Å². The number of aromatic nitrogens is 6. The fourth-order valence-electron chi connectivity index (χ4n) is 4.14. The highest BCUT2D eigenvalue weighted by atomic mass is 19.1. The van der Waals surface area contributed by atoms with Gasteiger partial charge in [-0.2, -0.15) is 10.2 Å². The number of nitrogen functional groups attached to an aromatic ring is 1. The third kappa shape index (κ3) is 3.82. The van der Waals surface area contributed by atoms with Crippen molar-refractivity contribution < 1.29 is 9.50 Å². The number of anilines is 1. The van der Waals surface area contributed by atoms with Gasteiger partial charge in [-0.05, 0) is 58.0 Å². The minimum Gasteiger partial charge on any atom is -0.386 e. The number of nitrogens with two attached hydrogens (primary N) is 1. The summed E-state index contributed by atoms with van der Waals surface area (Å²) in [6.07, 6.45) is 1.65. The van der Waals surface area contributed by atoms with E-state index >= 15 is 0 Å². The number of aliphatic hydroxyl groups is 1. The van der Waals surface area contributed by atoms with Crippen LogP contribution < -0.4 is 5.73 Å². The SMILES string of the molecule is Cc1nn(-c2cc(N)[nH]c3nn(C)c(-c4ccc(F)cc4)c3ccn2)c(C)c1C(C)(C)O. The van der Waals surface area contributed by atoms with Gasteiger partial charge in [0.15, 0.2) is 11.5 Å². The summed E-state index contributed by atoms with van der Waals surface area (Å²) in [7, 11) is 1.82. The molecule has 0 bridgehead atoms. The zero-order chi connectivity index (χ0) is 23.2. The van der Waals surface area contributed by atoms with Gasteiger partial charge in [0.25, 0.3) is 0 Å². The quantitative estimate of drug-likeness (QED) is 0.453. The summed E-state index contributed by atoms with van der Waals surface area (Å²) in [6.45, 7) is 7.18. The minimum atomic E-state index is -1.04. The Morgan fingerprint density at radius 3 is 2.41 bits per heavy atom. The van der Waals surface area contributed by atoms with Gasteiger partial charge in [-0.3, -0.25) is 4.68 Å². The van der Waals surface area contributed by atoms with Gasteiger partial charge >= 0.3 is 0 Å². The zero-order valence-corrected chi connectivity index (χ0v) is 18.7. The molecule has 32 heavy (non-hydrogen) atoms. The molecule has 4 N–H and O–H groups in total. The number of fused-ring (bicyclic) bond motifs is 1. The first-order valence-corrected chi connectivity index (χ1v) is 10.2. The molecule has 9 heteroatoms. The Kier molecular flexibility index (Phi) is 5.21. The molecule has 3 heterocycles.